The molecular weight excluding hydrogens is 412 g/mol. The maximum absolute atomic E-state index is 12.6. The van der Waals surface area contributed by atoms with E-state index in [2.05, 4.69) is 5.32 Å². The normalized spacial score (nSPS) is 14.2. The van der Waals surface area contributed by atoms with Gasteiger partial charge in [-0.3, -0.25) is 9.10 Å². The quantitative estimate of drug-likeness (QED) is 0.672. The standard InChI is InChI=1S/C20H24N2O5S2/c1-14(15-7-8-18-19(11-15)27-10-9-26-18)21-20(23)13-22(29(3,24)25)16-5-4-6-17(12-16)28-2/h4-8,11-12,14H,9-10,13H2,1-3H3,(H,21,23)/t14-/m1/s1. The summed E-state index contributed by atoms with van der Waals surface area (Å²) in [7, 11) is -3.62. The molecule has 29 heavy (non-hydrogen) atoms. The Morgan fingerprint density at radius 1 is 1.17 bits per heavy atom. The predicted molar refractivity (Wildman–Crippen MR) is 114 cm³/mol. The molecule has 3 rings (SSSR count). The van der Waals surface area contributed by atoms with Crippen molar-refractivity contribution < 1.29 is 22.7 Å². The Kier molecular flexibility index (Phi) is 6.59. The summed E-state index contributed by atoms with van der Waals surface area (Å²) in [5.41, 5.74) is 1.30. The van der Waals surface area contributed by atoms with Crippen molar-refractivity contribution in [2.45, 2.75) is 17.9 Å². The van der Waals surface area contributed by atoms with E-state index in [9.17, 15) is 13.2 Å². The SMILES string of the molecule is CSc1cccc(N(CC(=O)N[C@H](C)c2ccc3c(c2)OCCO3)S(C)(=O)=O)c1. The van der Waals surface area contributed by atoms with Crippen LogP contribution in [0.15, 0.2) is 47.4 Å². The second-order valence-electron chi connectivity index (χ2n) is 6.66. The van der Waals surface area contributed by atoms with Crippen molar-refractivity contribution in [3.05, 3.63) is 48.0 Å². The van der Waals surface area contributed by atoms with Crippen molar-refractivity contribution >= 4 is 33.4 Å². The van der Waals surface area contributed by atoms with E-state index >= 15 is 0 Å². The molecule has 7 nitrogen and oxygen atoms in total. The van der Waals surface area contributed by atoms with Gasteiger partial charge in [0.15, 0.2) is 11.5 Å². The number of nitrogens with one attached hydrogen (secondary N) is 1. The molecule has 0 spiro atoms. The summed E-state index contributed by atoms with van der Waals surface area (Å²) < 4.78 is 36.8. The molecular formula is C20H24N2O5S2. The molecule has 0 radical (unpaired) electrons. The van der Waals surface area contributed by atoms with Crippen LogP contribution in [0.5, 0.6) is 11.5 Å². The van der Waals surface area contributed by atoms with Crippen molar-refractivity contribution in [3.63, 3.8) is 0 Å². The lowest BCUT2D eigenvalue weighted by Crippen LogP contribution is -2.41. The van der Waals surface area contributed by atoms with Crippen molar-refractivity contribution in [3.8, 4) is 11.5 Å². The van der Waals surface area contributed by atoms with Crippen LogP contribution in [0.4, 0.5) is 5.69 Å². The minimum atomic E-state index is -3.62. The van der Waals surface area contributed by atoms with Crippen LogP contribution in [0.1, 0.15) is 18.5 Å². The highest BCUT2D eigenvalue weighted by Gasteiger charge is 2.23. The average molecular weight is 437 g/mol. The molecule has 0 saturated carbocycles. The molecule has 0 saturated heterocycles. The van der Waals surface area contributed by atoms with Gasteiger partial charge in [-0.15, -0.1) is 11.8 Å². The van der Waals surface area contributed by atoms with Crippen LogP contribution in [0, 0.1) is 0 Å². The Morgan fingerprint density at radius 2 is 1.90 bits per heavy atom. The fourth-order valence-corrected chi connectivity index (χ4v) is 4.30. The van der Waals surface area contributed by atoms with Crippen LogP contribution >= 0.6 is 11.8 Å². The number of nitrogens with zero attached hydrogens (tertiary/aromatic N) is 1. The van der Waals surface area contributed by atoms with Gasteiger partial charge in [0, 0.05) is 4.90 Å². The molecule has 1 aliphatic heterocycles. The lowest BCUT2D eigenvalue weighted by molar-refractivity contribution is -0.120. The lowest BCUT2D eigenvalue weighted by atomic mass is 10.1. The molecule has 1 amide bonds. The third-order valence-corrected chi connectivity index (χ3v) is 6.34. The fourth-order valence-electron chi connectivity index (χ4n) is 3.00. The number of benzene rings is 2. The highest BCUT2D eigenvalue weighted by molar-refractivity contribution is 7.98. The van der Waals surface area contributed by atoms with Gasteiger partial charge in [-0.05, 0) is 49.1 Å². The Labute approximate surface area is 175 Å². The fraction of sp³-hybridized carbons (Fsp3) is 0.350. The minimum Gasteiger partial charge on any atom is -0.486 e. The first-order chi connectivity index (χ1) is 13.8. The first kappa shape index (κ1) is 21.3. The number of hydrogen-bond donors (Lipinski definition) is 1. The van der Waals surface area contributed by atoms with Gasteiger partial charge in [0.1, 0.15) is 19.8 Å². The number of carbonyl (C=O) groups excluding carboxylic acids is 1. The van der Waals surface area contributed by atoms with E-state index in [1.54, 1.807) is 18.2 Å². The molecule has 1 aliphatic rings. The zero-order valence-corrected chi connectivity index (χ0v) is 18.2. The van der Waals surface area contributed by atoms with Gasteiger partial charge < -0.3 is 14.8 Å². The molecule has 0 aromatic heterocycles. The smallest absolute Gasteiger partial charge is 0.241 e. The Bertz CT molecular complexity index is 994. The number of rotatable bonds is 7. The number of anilines is 1. The Balaban J connectivity index is 1.73. The predicted octanol–water partition coefficient (Wildman–Crippen LogP) is 2.82. The first-order valence-corrected chi connectivity index (χ1v) is 12.2. The molecule has 1 heterocycles. The van der Waals surface area contributed by atoms with Gasteiger partial charge in [-0.2, -0.15) is 0 Å². The second kappa shape index (κ2) is 8.96. The number of ether oxygens (including phenoxy) is 2. The van der Waals surface area contributed by atoms with Crippen molar-refractivity contribution in [1.29, 1.82) is 0 Å². The zero-order chi connectivity index (χ0) is 21.0. The van der Waals surface area contributed by atoms with Gasteiger partial charge >= 0.3 is 0 Å². The summed E-state index contributed by atoms with van der Waals surface area (Å²) in [5, 5.41) is 2.86. The third-order valence-electron chi connectivity index (χ3n) is 4.47. The van der Waals surface area contributed by atoms with E-state index in [1.165, 1.54) is 11.8 Å². The van der Waals surface area contributed by atoms with Crippen LogP contribution in [-0.4, -0.2) is 46.6 Å². The zero-order valence-electron chi connectivity index (χ0n) is 16.5. The second-order valence-corrected chi connectivity index (χ2v) is 9.45. The van der Waals surface area contributed by atoms with Crippen LogP contribution in [0.3, 0.4) is 0 Å². The van der Waals surface area contributed by atoms with Crippen molar-refractivity contribution in [2.75, 3.05) is 36.6 Å². The van der Waals surface area contributed by atoms with Gasteiger partial charge in [0.05, 0.1) is 18.0 Å². The van der Waals surface area contributed by atoms with Crippen LogP contribution < -0.4 is 19.1 Å². The molecule has 0 fully saturated rings. The van der Waals surface area contributed by atoms with Gasteiger partial charge in [0.2, 0.25) is 15.9 Å². The van der Waals surface area contributed by atoms with Crippen LogP contribution in [0.25, 0.3) is 0 Å². The van der Waals surface area contributed by atoms with Gasteiger partial charge in [-0.25, -0.2) is 8.42 Å². The maximum atomic E-state index is 12.6. The third kappa shape index (κ3) is 5.36. The Morgan fingerprint density at radius 3 is 2.59 bits per heavy atom. The molecule has 156 valence electrons. The summed E-state index contributed by atoms with van der Waals surface area (Å²) >= 11 is 1.50. The molecule has 0 aliphatic carbocycles. The maximum Gasteiger partial charge on any atom is 0.241 e. The van der Waals surface area contributed by atoms with Gasteiger partial charge in [-0.1, -0.05) is 12.1 Å². The summed E-state index contributed by atoms with van der Waals surface area (Å²) in [4.78, 5) is 13.5. The number of thioether (sulfide) groups is 1. The van der Waals surface area contributed by atoms with E-state index in [-0.39, 0.29) is 12.6 Å². The van der Waals surface area contributed by atoms with E-state index in [0.717, 1.165) is 21.0 Å². The van der Waals surface area contributed by atoms with Crippen molar-refractivity contribution in [2.24, 2.45) is 0 Å². The molecule has 1 atom stereocenters. The van der Waals surface area contributed by atoms with Crippen molar-refractivity contribution in [1.82, 2.24) is 5.32 Å². The number of fused-ring (bicyclic) bond motifs is 1. The summed E-state index contributed by atoms with van der Waals surface area (Å²) in [6.07, 6.45) is 3.00. The number of carbonyl (C=O) groups is 1. The number of amides is 1. The minimum absolute atomic E-state index is 0.300. The summed E-state index contributed by atoms with van der Waals surface area (Å²) in [6, 6.07) is 12.3. The molecule has 0 bridgehead atoms. The van der Waals surface area contributed by atoms with E-state index < -0.39 is 15.9 Å². The van der Waals surface area contributed by atoms with E-state index in [4.69, 9.17) is 9.47 Å². The van der Waals surface area contributed by atoms with Crippen LogP contribution in [0.2, 0.25) is 0 Å². The highest BCUT2D eigenvalue weighted by Crippen LogP contribution is 2.32. The van der Waals surface area contributed by atoms with Crippen LogP contribution in [-0.2, 0) is 14.8 Å². The Hall–Kier alpha value is -2.39. The number of hydrogen-bond acceptors (Lipinski definition) is 6. The van der Waals surface area contributed by atoms with E-state index in [1.807, 2.05) is 37.4 Å². The molecule has 9 heteroatoms. The molecule has 2 aromatic carbocycles. The largest absolute Gasteiger partial charge is 0.486 e. The number of sulfonamides is 1. The molecule has 1 N–H and O–H groups in total. The summed E-state index contributed by atoms with van der Waals surface area (Å²) in [5.74, 6) is 0.921. The first-order valence-electron chi connectivity index (χ1n) is 9.08. The molecule has 2 aromatic rings. The topological polar surface area (TPSA) is 84.9 Å². The average Bonchev–Trinajstić information content (AvgIpc) is 2.70. The monoisotopic (exact) mass is 436 g/mol. The van der Waals surface area contributed by atoms with E-state index in [0.29, 0.717) is 30.4 Å². The van der Waals surface area contributed by atoms with Gasteiger partial charge in [0.25, 0.3) is 0 Å². The molecule has 0 unspecified atom stereocenters. The lowest BCUT2D eigenvalue weighted by Gasteiger charge is -2.24. The summed E-state index contributed by atoms with van der Waals surface area (Å²) in [6.45, 7) is 2.53. The highest BCUT2D eigenvalue weighted by atomic mass is 32.2.